The van der Waals surface area contributed by atoms with Crippen molar-refractivity contribution in [2.45, 2.75) is 11.0 Å². The molecule has 178 valence electrons. The van der Waals surface area contributed by atoms with E-state index in [1.54, 1.807) is 61.7 Å². The lowest BCUT2D eigenvalue weighted by Gasteiger charge is -2.34. The fourth-order valence-corrected chi connectivity index (χ4v) is 5.09. The number of rotatable bonds is 8. The van der Waals surface area contributed by atoms with E-state index in [2.05, 4.69) is 5.32 Å². The SMILES string of the molecule is COc1ccc(OCCNC(=O)C2CN(S(=O)(=O)c3ccccc3)c3cc(Cl)ccc3O2)cc1. The van der Waals surface area contributed by atoms with Gasteiger partial charge in [0.25, 0.3) is 15.9 Å². The number of sulfonamides is 1. The maximum atomic E-state index is 13.4. The van der Waals surface area contributed by atoms with E-state index < -0.39 is 22.0 Å². The summed E-state index contributed by atoms with van der Waals surface area (Å²) < 4.78 is 44.4. The first-order chi connectivity index (χ1) is 16.4. The summed E-state index contributed by atoms with van der Waals surface area (Å²) in [5.74, 6) is 1.15. The highest BCUT2D eigenvalue weighted by Gasteiger charge is 2.37. The molecule has 3 aromatic rings. The van der Waals surface area contributed by atoms with Gasteiger partial charge in [0, 0.05) is 5.02 Å². The van der Waals surface area contributed by atoms with E-state index in [-0.39, 0.29) is 36.0 Å². The average Bonchev–Trinajstić information content (AvgIpc) is 2.86. The fourth-order valence-electron chi connectivity index (χ4n) is 3.44. The van der Waals surface area contributed by atoms with Crippen molar-refractivity contribution in [1.82, 2.24) is 5.32 Å². The first kappa shape index (κ1) is 23.7. The number of carbonyl (C=O) groups excluding carboxylic acids is 1. The highest BCUT2D eigenvalue weighted by molar-refractivity contribution is 7.92. The van der Waals surface area contributed by atoms with Crippen molar-refractivity contribution in [3.63, 3.8) is 0 Å². The highest BCUT2D eigenvalue weighted by atomic mass is 35.5. The van der Waals surface area contributed by atoms with Crippen molar-refractivity contribution in [3.05, 3.63) is 77.8 Å². The quantitative estimate of drug-likeness (QED) is 0.474. The van der Waals surface area contributed by atoms with Gasteiger partial charge in [0.05, 0.1) is 30.8 Å². The molecular formula is C24H23ClN2O6S. The van der Waals surface area contributed by atoms with E-state index in [4.69, 9.17) is 25.8 Å². The van der Waals surface area contributed by atoms with Crippen LogP contribution in [-0.2, 0) is 14.8 Å². The molecule has 0 saturated heterocycles. The molecule has 3 aromatic carbocycles. The third kappa shape index (κ3) is 5.21. The largest absolute Gasteiger partial charge is 0.497 e. The van der Waals surface area contributed by atoms with E-state index in [0.717, 1.165) is 4.31 Å². The lowest BCUT2D eigenvalue weighted by atomic mass is 10.2. The first-order valence-corrected chi connectivity index (χ1v) is 12.3. The molecular weight excluding hydrogens is 480 g/mol. The van der Waals surface area contributed by atoms with Crippen LogP contribution in [0.25, 0.3) is 0 Å². The molecule has 34 heavy (non-hydrogen) atoms. The fraction of sp³-hybridized carbons (Fsp3) is 0.208. The van der Waals surface area contributed by atoms with Crippen LogP contribution in [0.4, 0.5) is 5.69 Å². The van der Waals surface area contributed by atoms with Gasteiger partial charge >= 0.3 is 0 Å². The van der Waals surface area contributed by atoms with Crippen molar-refractivity contribution >= 4 is 33.2 Å². The summed E-state index contributed by atoms with van der Waals surface area (Å²) >= 11 is 6.11. The van der Waals surface area contributed by atoms with Crippen LogP contribution >= 0.6 is 11.6 Å². The molecule has 0 aliphatic carbocycles. The lowest BCUT2D eigenvalue weighted by molar-refractivity contribution is -0.127. The Hall–Kier alpha value is -3.43. The van der Waals surface area contributed by atoms with Crippen LogP contribution in [0.1, 0.15) is 0 Å². The average molecular weight is 503 g/mol. The maximum Gasteiger partial charge on any atom is 0.264 e. The second-order valence-corrected chi connectivity index (χ2v) is 9.68. The Morgan fingerprint density at radius 3 is 2.50 bits per heavy atom. The Morgan fingerprint density at radius 1 is 1.09 bits per heavy atom. The van der Waals surface area contributed by atoms with Crippen LogP contribution in [0, 0.1) is 0 Å². The monoisotopic (exact) mass is 502 g/mol. The van der Waals surface area contributed by atoms with Gasteiger partial charge in [-0.05, 0) is 54.6 Å². The molecule has 0 bridgehead atoms. The highest BCUT2D eigenvalue weighted by Crippen LogP contribution is 2.38. The van der Waals surface area contributed by atoms with Crippen molar-refractivity contribution in [2.75, 3.05) is 31.1 Å². The summed E-state index contributed by atoms with van der Waals surface area (Å²) in [6, 6.07) is 19.7. The third-order valence-corrected chi connectivity index (χ3v) is 7.17. The van der Waals surface area contributed by atoms with E-state index in [1.165, 1.54) is 18.2 Å². The van der Waals surface area contributed by atoms with E-state index in [0.29, 0.717) is 16.5 Å². The predicted molar refractivity (Wildman–Crippen MR) is 128 cm³/mol. The van der Waals surface area contributed by atoms with Crippen molar-refractivity contribution < 1.29 is 27.4 Å². The first-order valence-electron chi connectivity index (χ1n) is 10.5. The number of hydrogen-bond donors (Lipinski definition) is 1. The second kappa shape index (κ2) is 10.2. The summed E-state index contributed by atoms with van der Waals surface area (Å²) in [4.78, 5) is 12.9. The number of anilines is 1. The standard InChI is InChI=1S/C24H23ClN2O6S/c1-31-18-8-10-19(11-9-18)32-14-13-26-24(28)23-16-27(21-15-17(25)7-12-22(21)33-23)34(29,30)20-5-3-2-4-6-20/h2-12,15,23H,13-14,16H2,1H3,(H,26,28). The number of carbonyl (C=O) groups is 1. The summed E-state index contributed by atoms with van der Waals surface area (Å²) in [6.45, 7) is 0.238. The Bertz CT molecular complexity index is 1250. The molecule has 0 fully saturated rings. The molecule has 4 rings (SSSR count). The summed E-state index contributed by atoms with van der Waals surface area (Å²) in [5, 5.41) is 3.09. The minimum Gasteiger partial charge on any atom is -0.497 e. The summed E-state index contributed by atoms with van der Waals surface area (Å²) in [6.07, 6.45) is -1.05. The number of nitrogens with zero attached hydrogens (tertiary/aromatic N) is 1. The van der Waals surface area contributed by atoms with Gasteiger partial charge in [0.1, 0.15) is 23.9 Å². The molecule has 1 aliphatic rings. The van der Waals surface area contributed by atoms with Crippen LogP contribution in [0.3, 0.4) is 0 Å². The number of halogens is 1. The van der Waals surface area contributed by atoms with Crippen LogP contribution in [0.2, 0.25) is 5.02 Å². The van der Waals surface area contributed by atoms with Gasteiger partial charge in [0.15, 0.2) is 6.10 Å². The zero-order chi connectivity index (χ0) is 24.1. The van der Waals surface area contributed by atoms with E-state index >= 15 is 0 Å². The van der Waals surface area contributed by atoms with Crippen molar-refractivity contribution in [1.29, 1.82) is 0 Å². The van der Waals surface area contributed by atoms with Crippen molar-refractivity contribution in [2.24, 2.45) is 0 Å². The van der Waals surface area contributed by atoms with Crippen LogP contribution in [-0.4, -0.2) is 47.2 Å². The van der Waals surface area contributed by atoms with Gasteiger partial charge < -0.3 is 19.5 Å². The molecule has 1 aliphatic heterocycles. The number of amides is 1. The minimum atomic E-state index is -3.95. The number of nitrogens with one attached hydrogen (secondary N) is 1. The zero-order valence-corrected chi connectivity index (χ0v) is 19.9. The van der Waals surface area contributed by atoms with Crippen LogP contribution in [0.15, 0.2) is 77.7 Å². The summed E-state index contributed by atoms with van der Waals surface area (Å²) in [7, 11) is -2.36. The Kier molecular flexibility index (Phi) is 7.14. The van der Waals surface area contributed by atoms with Gasteiger partial charge in [-0.15, -0.1) is 0 Å². The molecule has 1 atom stereocenters. The molecule has 0 saturated carbocycles. The molecule has 0 radical (unpaired) electrons. The molecule has 1 amide bonds. The molecule has 8 nitrogen and oxygen atoms in total. The van der Waals surface area contributed by atoms with E-state index in [1.807, 2.05) is 0 Å². The van der Waals surface area contributed by atoms with Gasteiger partial charge in [-0.3, -0.25) is 9.10 Å². The number of methoxy groups -OCH3 is 1. The Balaban J connectivity index is 1.45. The molecule has 1 N–H and O–H groups in total. The van der Waals surface area contributed by atoms with Crippen LogP contribution in [0.5, 0.6) is 17.2 Å². The molecule has 10 heteroatoms. The molecule has 1 unspecified atom stereocenters. The lowest BCUT2D eigenvalue weighted by Crippen LogP contribution is -2.51. The molecule has 1 heterocycles. The van der Waals surface area contributed by atoms with Crippen LogP contribution < -0.4 is 23.8 Å². The van der Waals surface area contributed by atoms with Gasteiger partial charge in [-0.2, -0.15) is 0 Å². The van der Waals surface area contributed by atoms with E-state index in [9.17, 15) is 13.2 Å². The maximum absolute atomic E-state index is 13.4. The smallest absolute Gasteiger partial charge is 0.264 e. The molecule has 0 spiro atoms. The number of ether oxygens (including phenoxy) is 3. The number of fused-ring (bicyclic) bond motifs is 1. The van der Waals surface area contributed by atoms with Gasteiger partial charge in [0.2, 0.25) is 0 Å². The van der Waals surface area contributed by atoms with Gasteiger partial charge in [-0.1, -0.05) is 29.8 Å². The Labute approximate surface area is 203 Å². The number of hydrogen-bond acceptors (Lipinski definition) is 6. The van der Waals surface area contributed by atoms with Crippen molar-refractivity contribution in [3.8, 4) is 17.2 Å². The normalized spacial score (nSPS) is 15.1. The van der Waals surface area contributed by atoms with Gasteiger partial charge in [-0.25, -0.2) is 8.42 Å². The molecule has 0 aromatic heterocycles. The minimum absolute atomic E-state index is 0.106. The topological polar surface area (TPSA) is 94.2 Å². The number of benzene rings is 3. The predicted octanol–water partition coefficient (Wildman–Crippen LogP) is 3.50. The zero-order valence-electron chi connectivity index (χ0n) is 18.3. The third-order valence-electron chi connectivity index (χ3n) is 5.14. The summed E-state index contributed by atoms with van der Waals surface area (Å²) in [5.41, 5.74) is 0.281. The second-order valence-electron chi connectivity index (χ2n) is 7.38. The Morgan fingerprint density at radius 2 is 1.79 bits per heavy atom.